The van der Waals surface area contributed by atoms with Crippen molar-refractivity contribution in [2.45, 2.75) is 18.9 Å². The van der Waals surface area contributed by atoms with Gasteiger partial charge in [-0.2, -0.15) is 0 Å². The highest BCUT2D eigenvalue weighted by molar-refractivity contribution is 6.17. The third kappa shape index (κ3) is 2.04. The van der Waals surface area contributed by atoms with Gasteiger partial charge in [-0.15, -0.1) is 11.6 Å². The quantitative estimate of drug-likeness (QED) is 0.883. The van der Waals surface area contributed by atoms with E-state index in [1.165, 1.54) is 6.07 Å². The van der Waals surface area contributed by atoms with Crippen molar-refractivity contribution in [2.75, 3.05) is 12.4 Å². The third-order valence-corrected chi connectivity index (χ3v) is 3.64. The molecule has 1 unspecified atom stereocenters. The molecule has 2 heterocycles. The fraction of sp³-hybridized carbons (Fsp3) is 0.385. The predicted molar refractivity (Wildman–Crippen MR) is 70.7 cm³/mol. The minimum Gasteiger partial charge on any atom is -0.354 e. The van der Waals surface area contributed by atoms with Crippen molar-refractivity contribution in [3.05, 3.63) is 29.6 Å². The van der Waals surface area contributed by atoms with Crippen molar-refractivity contribution in [1.82, 2.24) is 14.9 Å². The summed E-state index contributed by atoms with van der Waals surface area (Å²) >= 11 is 5.74. The summed E-state index contributed by atoms with van der Waals surface area (Å²) in [6.45, 7) is 0.384. The smallest absolute Gasteiger partial charge is 0.222 e. The second-order valence-electron chi connectivity index (χ2n) is 4.73. The largest absolute Gasteiger partial charge is 0.354 e. The maximum absolute atomic E-state index is 14.1. The maximum atomic E-state index is 14.1. The Labute approximate surface area is 118 Å². The molecule has 1 aliphatic heterocycles. The van der Waals surface area contributed by atoms with Crippen molar-refractivity contribution in [1.29, 1.82) is 0 Å². The van der Waals surface area contributed by atoms with Crippen LogP contribution in [-0.2, 0) is 11.2 Å². The maximum Gasteiger partial charge on any atom is 0.222 e. The molecule has 1 aliphatic rings. The zero-order chi connectivity index (χ0) is 14.3. The first-order valence-electron chi connectivity index (χ1n) is 6.29. The van der Waals surface area contributed by atoms with Gasteiger partial charge < -0.3 is 9.88 Å². The van der Waals surface area contributed by atoms with Gasteiger partial charge >= 0.3 is 0 Å². The summed E-state index contributed by atoms with van der Waals surface area (Å²) in [4.78, 5) is 15.7. The second kappa shape index (κ2) is 5.01. The lowest BCUT2D eigenvalue weighted by Gasteiger charge is -2.14. The van der Waals surface area contributed by atoms with E-state index in [1.54, 1.807) is 4.57 Å². The van der Waals surface area contributed by atoms with Crippen LogP contribution in [0.4, 0.5) is 8.78 Å². The summed E-state index contributed by atoms with van der Waals surface area (Å²) in [6.07, 6.45) is 0.665. The first-order valence-corrected chi connectivity index (χ1v) is 6.82. The van der Waals surface area contributed by atoms with Crippen LogP contribution in [-0.4, -0.2) is 27.9 Å². The summed E-state index contributed by atoms with van der Waals surface area (Å²) in [5, 5.41) is 2.69. The third-order valence-electron chi connectivity index (χ3n) is 3.46. The molecule has 2 aromatic rings. The van der Waals surface area contributed by atoms with Gasteiger partial charge in [-0.1, -0.05) is 0 Å². The van der Waals surface area contributed by atoms with Gasteiger partial charge in [-0.25, -0.2) is 13.8 Å². The number of alkyl halides is 1. The molecule has 7 heteroatoms. The Morgan fingerprint density at radius 2 is 2.25 bits per heavy atom. The number of amides is 1. The molecular formula is C13H12ClF2N3O. The van der Waals surface area contributed by atoms with Crippen LogP contribution < -0.4 is 5.32 Å². The minimum absolute atomic E-state index is 0.103. The fourth-order valence-corrected chi connectivity index (χ4v) is 2.77. The molecule has 1 N–H and O–H groups in total. The normalized spacial score (nSPS) is 18.8. The summed E-state index contributed by atoms with van der Waals surface area (Å²) in [5.41, 5.74) is 0.481. The Morgan fingerprint density at radius 3 is 2.90 bits per heavy atom. The number of carbonyl (C=O) groups is 1. The molecule has 0 spiro atoms. The van der Waals surface area contributed by atoms with Crippen molar-refractivity contribution < 1.29 is 13.6 Å². The molecule has 1 atom stereocenters. The molecule has 0 aliphatic carbocycles. The molecule has 106 valence electrons. The van der Waals surface area contributed by atoms with E-state index < -0.39 is 11.6 Å². The average molecular weight is 300 g/mol. The molecule has 0 radical (unpaired) electrons. The Hall–Kier alpha value is -1.69. The van der Waals surface area contributed by atoms with Crippen LogP contribution in [0.1, 0.15) is 18.3 Å². The predicted octanol–water partition coefficient (Wildman–Crippen LogP) is 2.16. The molecule has 1 saturated heterocycles. The van der Waals surface area contributed by atoms with Crippen LogP contribution in [0.15, 0.2) is 12.1 Å². The number of fused-ring (bicyclic) bond motifs is 1. The molecule has 4 nitrogen and oxygen atoms in total. The lowest BCUT2D eigenvalue weighted by molar-refractivity contribution is -0.119. The highest BCUT2D eigenvalue weighted by Gasteiger charge is 2.28. The van der Waals surface area contributed by atoms with Gasteiger partial charge in [0.15, 0.2) is 11.6 Å². The van der Waals surface area contributed by atoms with Crippen LogP contribution >= 0.6 is 11.6 Å². The summed E-state index contributed by atoms with van der Waals surface area (Å²) in [5.74, 6) is -1.07. The summed E-state index contributed by atoms with van der Waals surface area (Å²) in [7, 11) is 0. The highest BCUT2D eigenvalue weighted by Crippen LogP contribution is 2.28. The molecular weight excluding hydrogens is 288 g/mol. The molecule has 0 saturated carbocycles. The Bertz CT molecular complexity index is 686. The molecule has 1 amide bonds. The van der Waals surface area contributed by atoms with Gasteiger partial charge in [0, 0.05) is 25.3 Å². The number of aromatic nitrogens is 2. The number of carbonyl (C=O) groups excluding carboxylic acids is 1. The number of benzene rings is 1. The number of hydrogen-bond donors (Lipinski definition) is 1. The number of rotatable bonds is 3. The van der Waals surface area contributed by atoms with Crippen molar-refractivity contribution in [3.8, 4) is 0 Å². The highest BCUT2D eigenvalue weighted by atomic mass is 35.5. The van der Waals surface area contributed by atoms with E-state index in [9.17, 15) is 13.6 Å². The first kappa shape index (κ1) is 13.3. The molecule has 0 bridgehead atoms. The molecule has 3 rings (SSSR count). The van der Waals surface area contributed by atoms with Gasteiger partial charge in [0.1, 0.15) is 11.3 Å². The van der Waals surface area contributed by atoms with Crippen LogP contribution in [0.25, 0.3) is 11.0 Å². The zero-order valence-corrected chi connectivity index (χ0v) is 11.3. The number of imidazole rings is 1. The lowest BCUT2D eigenvalue weighted by atomic mass is 10.2. The number of aryl methyl sites for hydroxylation is 1. The van der Waals surface area contributed by atoms with E-state index in [1.807, 2.05) is 0 Å². The first-order chi connectivity index (χ1) is 9.61. The number of nitrogens with one attached hydrogen (secondary N) is 1. The van der Waals surface area contributed by atoms with Gasteiger partial charge in [-0.05, 0) is 12.1 Å². The summed E-state index contributed by atoms with van der Waals surface area (Å²) in [6, 6.07) is 2.23. The van der Waals surface area contributed by atoms with Crippen molar-refractivity contribution in [2.24, 2.45) is 0 Å². The van der Waals surface area contributed by atoms with Crippen LogP contribution in [0, 0.1) is 11.6 Å². The van der Waals surface area contributed by atoms with Gasteiger partial charge in [0.05, 0.1) is 11.6 Å². The number of nitrogens with zero attached hydrogens (tertiary/aromatic N) is 2. The van der Waals surface area contributed by atoms with Crippen LogP contribution in [0.5, 0.6) is 0 Å². The van der Waals surface area contributed by atoms with Gasteiger partial charge in [0.25, 0.3) is 0 Å². The van der Waals surface area contributed by atoms with Gasteiger partial charge in [-0.3, -0.25) is 4.79 Å². The molecule has 1 aromatic heterocycles. The molecule has 1 fully saturated rings. The summed E-state index contributed by atoms with van der Waals surface area (Å²) < 4.78 is 29.2. The molecule has 20 heavy (non-hydrogen) atoms. The second-order valence-corrected chi connectivity index (χ2v) is 5.11. The Balaban J connectivity index is 2.22. The number of halogens is 3. The van der Waals surface area contributed by atoms with E-state index in [4.69, 9.17) is 11.6 Å². The van der Waals surface area contributed by atoms with Crippen LogP contribution in [0.3, 0.4) is 0 Å². The standard InChI is InChI=1S/C13H12ClF2N3O/c14-4-3-10-18-9-2-1-8(15)12(16)13(9)19(10)7-5-11(20)17-6-7/h1-2,7H,3-6H2,(H,17,20). The monoisotopic (exact) mass is 299 g/mol. The van der Waals surface area contributed by atoms with E-state index in [-0.39, 0.29) is 23.9 Å². The van der Waals surface area contributed by atoms with E-state index >= 15 is 0 Å². The SMILES string of the molecule is O=C1CC(n2c(CCCl)nc3ccc(F)c(F)c32)CN1. The van der Waals surface area contributed by atoms with Gasteiger partial charge in [0.2, 0.25) is 5.91 Å². The van der Waals surface area contributed by atoms with Crippen LogP contribution in [0.2, 0.25) is 0 Å². The minimum atomic E-state index is -0.935. The fourth-order valence-electron chi connectivity index (χ4n) is 2.60. The number of hydrogen-bond acceptors (Lipinski definition) is 2. The van der Waals surface area contributed by atoms with Crippen molar-refractivity contribution in [3.63, 3.8) is 0 Å². The Morgan fingerprint density at radius 1 is 1.45 bits per heavy atom. The zero-order valence-electron chi connectivity index (χ0n) is 10.5. The van der Waals surface area contributed by atoms with Crippen molar-refractivity contribution >= 4 is 28.5 Å². The lowest BCUT2D eigenvalue weighted by Crippen LogP contribution is -2.17. The van der Waals surface area contributed by atoms with E-state index in [0.717, 1.165) is 6.07 Å². The topological polar surface area (TPSA) is 46.9 Å². The molecule has 1 aromatic carbocycles. The average Bonchev–Trinajstić information content (AvgIpc) is 2.98. The Kier molecular flexibility index (Phi) is 3.33. The van der Waals surface area contributed by atoms with E-state index in [0.29, 0.717) is 30.2 Å². The van der Waals surface area contributed by atoms with E-state index in [2.05, 4.69) is 10.3 Å².